The van der Waals surface area contributed by atoms with Gasteiger partial charge in [0.05, 0.1) is 21.8 Å². The van der Waals surface area contributed by atoms with Gasteiger partial charge in [0, 0.05) is 56.9 Å². The summed E-state index contributed by atoms with van der Waals surface area (Å²) in [5.74, 6) is 0.251. The van der Waals surface area contributed by atoms with Crippen LogP contribution in [0.2, 0.25) is 5.02 Å². The van der Waals surface area contributed by atoms with Crippen molar-refractivity contribution >= 4 is 23.4 Å². The zero-order valence-electron chi connectivity index (χ0n) is 21.3. The number of piperazine rings is 1. The molecule has 1 aromatic carbocycles. The lowest BCUT2D eigenvalue weighted by Crippen LogP contribution is -2.52. The van der Waals surface area contributed by atoms with Crippen LogP contribution in [-0.4, -0.2) is 76.8 Å². The molecule has 0 atom stereocenters. The van der Waals surface area contributed by atoms with E-state index in [2.05, 4.69) is 4.90 Å². The van der Waals surface area contributed by atoms with Gasteiger partial charge in [-0.2, -0.15) is 0 Å². The third-order valence-corrected chi connectivity index (χ3v) is 8.59. The third kappa shape index (κ3) is 5.45. The minimum Gasteiger partial charge on any atom is -0.339 e. The summed E-state index contributed by atoms with van der Waals surface area (Å²) in [5, 5.41) is 0.487. The summed E-state index contributed by atoms with van der Waals surface area (Å²) in [6.45, 7) is 6.76. The van der Waals surface area contributed by atoms with Gasteiger partial charge in [0.1, 0.15) is 0 Å². The number of benzene rings is 1. The fourth-order valence-electron chi connectivity index (χ4n) is 6.14. The Labute approximate surface area is 219 Å². The lowest BCUT2D eigenvalue weighted by Gasteiger charge is -2.41. The van der Waals surface area contributed by atoms with E-state index in [4.69, 9.17) is 16.6 Å². The van der Waals surface area contributed by atoms with Crippen LogP contribution in [0.15, 0.2) is 36.4 Å². The number of amides is 2. The van der Waals surface area contributed by atoms with Crippen molar-refractivity contribution in [1.82, 2.24) is 19.7 Å². The first-order chi connectivity index (χ1) is 17.5. The van der Waals surface area contributed by atoms with Crippen molar-refractivity contribution in [3.8, 4) is 0 Å². The summed E-state index contributed by atoms with van der Waals surface area (Å²) in [7, 11) is 0. The number of halogens is 1. The largest absolute Gasteiger partial charge is 0.339 e. The van der Waals surface area contributed by atoms with Crippen LogP contribution in [0, 0.1) is 6.92 Å². The van der Waals surface area contributed by atoms with Crippen LogP contribution in [0.25, 0.3) is 0 Å². The maximum Gasteiger partial charge on any atom is 0.255 e. The van der Waals surface area contributed by atoms with Gasteiger partial charge in [0.25, 0.3) is 11.8 Å². The maximum absolute atomic E-state index is 13.6. The summed E-state index contributed by atoms with van der Waals surface area (Å²) in [6, 6.07) is 11.8. The fourth-order valence-corrected chi connectivity index (χ4v) is 6.35. The number of carbonyl (C=O) groups is 2. The molecule has 1 saturated carbocycles. The van der Waals surface area contributed by atoms with Crippen LogP contribution in [0.3, 0.4) is 0 Å². The van der Waals surface area contributed by atoms with E-state index in [9.17, 15) is 9.59 Å². The predicted molar refractivity (Wildman–Crippen MR) is 143 cm³/mol. The topological polar surface area (TPSA) is 56.8 Å². The minimum absolute atomic E-state index is 0.0246. The Balaban J connectivity index is 1.24. The van der Waals surface area contributed by atoms with Crippen molar-refractivity contribution in [1.29, 1.82) is 0 Å². The Kier molecular flexibility index (Phi) is 7.92. The van der Waals surface area contributed by atoms with Crippen molar-refractivity contribution in [3.05, 3.63) is 63.9 Å². The smallest absolute Gasteiger partial charge is 0.255 e. The molecule has 3 heterocycles. The zero-order chi connectivity index (χ0) is 25.1. The molecule has 2 amide bonds. The molecule has 3 aliphatic rings. The van der Waals surface area contributed by atoms with Crippen molar-refractivity contribution in [2.75, 3.05) is 39.3 Å². The molecule has 2 aromatic rings. The summed E-state index contributed by atoms with van der Waals surface area (Å²) >= 11 is 6.26. The first kappa shape index (κ1) is 25.2. The molecule has 36 heavy (non-hydrogen) atoms. The second kappa shape index (κ2) is 11.3. The van der Waals surface area contributed by atoms with Crippen LogP contribution in [-0.2, 0) is 0 Å². The lowest BCUT2D eigenvalue weighted by atomic mass is 9.89. The standard InChI is InChI=1S/C29H37ClN4O2/c1-21-11-12-25(29(36)34-19-17-32(18-20-34)23-7-3-2-4-8-23)27(31-21)22-13-15-33(16-14-22)28(35)24-9-5-6-10-26(24)30/h5-6,9-12,22-23H,2-4,7-8,13-20H2,1H3. The number of piperidine rings is 1. The minimum atomic E-state index is -0.0246. The highest BCUT2D eigenvalue weighted by atomic mass is 35.5. The second-order valence-corrected chi connectivity index (χ2v) is 11.0. The molecule has 2 aliphatic heterocycles. The van der Waals surface area contributed by atoms with Crippen molar-refractivity contribution in [2.24, 2.45) is 0 Å². The highest BCUT2D eigenvalue weighted by molar-refractivity contribution is 6.33. The predicted octanol–water partition coefficient (Wildman–Crippen LogP) is 5.15. The average molecular weight is 509 g/mol. The number of rotatable bonds is 4. The second-order valence-electron chi connectivity index (χ2n) is 10.6. The molecule has 192 valence electrons. The molecule has 3 fully saturated rings. The molecular formula is C29H37ClN4O2. The van der Waals surface area contributed by atoms with Crippen molar-refractivity contribution in [2.45, 2.75) is 63.8 Å². The highest BCUT2D eigenvalue weighted by Gasteiger charge is 2.32. The van der Waals surface area contributed by atoms with Gasteiger partial charge in [-0.15, -0.1) is 0 Å². The van der Waals surface area contributed by atoms with Gasteiger partial charge in [-0.25, -0.2) is 0 Å². The molecule has 6 nitrogen and oxygen atoms in total. The van der Waals surface area contributed by atoms with Gasteiger partial charge < -0.3 is 9.80 Å². The molecule has 0 unspecified atom stereocenters. The summed E-state index contributed by atoms with van der Waals surface area (Å²) in [5.41, 5.74) is 3.12. The number of likely N-dealkylation sites (tertiary alicyclic amines) is 1. The van der Waals surface area contributed by atoms with E-state index in [0.717, 1.165) is 56.0 Å². The summed E-state index contributed by atoms with van der Waals surface area (Å²) < 4.78 is 0. The number of aromatic nitrogens is 1. The number of pyridine rings is 1. The highest BCUT2D eigenvalue weighted by Crippen LogP contribution is 2.32. The van der Waals surface area contributed by atoms with Crippen LogP contribution >= 0.6 is 11.6 Å². The molecule has 0 N–H and O–H groups in total. The van der Waals surface area contributed by atoms with Gasteiger partial charge in [0.15, 0.2) is 0 Å². The van der Waals surface area contributed by atoms with E-state index in [-0.39, 0.29) is 17.7 Å². The van der Waals surface area contributed by atoms with E-state index in [0.29, 0.717) is 29.7 Å². The van der Waals surface area contributed by atoms with Gasteiger partial charge >= 0.3 is 0 Å². The van der Waals surface area contributed by atoms with Crippen LogP contribution in [0.1, 0.15) is 83.0 Å². The Bertz CT molecular complexity index is 1080. The normalized spacial score (nSPS) is 20.5. The fraction of sp³-hybridized carbons (Fsp3) is 0.552. The van der Waals surface area contributed by atoms with Crippen LogP contribution in [0.4, 0.5) is 0 Å². The first-order valence-corrected chi connectivity index (χ1v) is 13.9. The van der Waals surface area contributed by atoms with E-state index in [1.807, 2.05) is 41.0 Å². The number of carbonyl (C=O) groups excluding carboxylic acids is 2. The van der Waals surface area contributed by atoms with Gasteiger partial charge in [-0.3, -0.25) is 19.5 Å². The Morgan fingerprint density at radius 1 is 0.778 bits per heavy atom. The molecule has 0 spiro atoms. The van der Waals surface area contributed by atoms with E-state index in [1.165, 1.54) is 32.1 Å². The van der Waals surface area contributed by atoms with Gasteiger partial charge in [-0.1, -0.05) is 43.0 Å². The number of aryl methyl sites for hydroxylation is 1. The SMILES string of the molecule is Cc1ccc(C(=O)N2CCN(C3CCCCC3)CC2)c(C2CCN(C(=O)c3ccccc3Cl)CC2)n1. The Morgan fingerprint density at radius 2 is 1.42 bits per heavy atom. The summed E-state index contributed by atoms with van der Waals surface area (Å²) in [6.07, 6.45) is 8.24. The number of hydrogen-bond acceptors (Lipinski definition) is 4. The maximum atomic E-state index is 13.6. The quantitative estimate of drug-likeness (QED) is 0.573. The van der Waals surface area contributed by atoms with Gasteiger partial charge in [0.2, 0.25) is 0 Å². The summed E-state index contributed by atoms with van der Waals surface area (Å²) in [4.78, 5) is 38.0. The van der Waals surface area contributed by atoms with Crippen LogP contribution in [0.5, 0.6) is 0 Å². The Morgan fingerprint density at radius 3 is 2.11 bits per heavy atom. The number of nitrogens with zero attached hydrogens (tertiary/aromatic N) is 4. The number of hydrogen-bond donors (Lipinski definition) is 0. The lowest BCUT2D eigenvalue weighted by molar-refractivity contribution is 0.0519. The van der Waals surface area contributed by atoms with Gasteiger partial charge in [-0.05, 0) is 56.9 Å². The molecule has 0 bridgehead atoms. The van der Waals surface area contributed by atoms with Crippen molar-refractivity contribution in [3.63, 3.8) is 0 Å². The van der Waals surface area contributed by atoms with Crippen molar-refractivity contribution < 1.29 is 9.59 Å². The molecular weight excluding hydrogens is 472 g/mol. The molecule has 0 radical (unpaired) electrons. The molecule has 5 rings (SSSR count). The van der Waals surface area contributed by atoms with E-state index >= 15 is 0 Å². The molecule has 2 saturated heterocycles. The molecule has 7 heteroatoms. The van der Waals surface area contributed by atoms with E-state index in [1.54, 1.807) is 12.1 Å². The first-order valence-electron chi connectivity index (χ1n) is 13.6. The average Bonchev–Trinajstić information content (AvgIpc) is 2.93. The molecule has 1 aliphatic carbocycles. The zero-order valence-corrected chi connectivity index (χ0v) is 22.1. The third-order valence-electron chi connectivity index (χ3n) is 8.26. The molecule has 1 aromatic heterocycles. The Hall–Kier alpha value is -2.44. The monoisotopic (exact) mass is 508 g/mol. The van der Waals surface area contributed by atoms with E-state index < -0.39 is 0 Å². The van der Waals surface area contributed by atoms with Crippen LogP contribution < -0.4 is 0 Å².